The highest BCUT2D eigenvalue weighted by molar-refractivity contribution is 5.93. The van der Waals surface area contributed by atoms with Crippen molar-refractivity contribution < 1.29 is 13.9 Å². The normalized spacial score (nSPS) is 14.9. The highest BCUT2D eigenvalue weighted by atomic mass is 19.1. The number of carbonyl (C=O) groups is 1. The average molecular weight is 420 g/mol. The van der Waals surface area contributed by atoms with Crippen LogP contribution in [0, 0.1) is 5.82 Å². The number of methoxy groups -OCH3 is 1. The van der Waals surface area contributed by atoms with Gasteiger partial charge < -0.3 is 10.1 Å². The molecular formula is C24H25FN4O2. The quantitative estimate of drug-likeness (QED) is 0.659. The number of rotatable bonds is 6. The Morgan fingerprint density at radius 1 is 1.13 bits per heavy atom. The molecule has 1 aromatic heterocycles. The summed E-state index contributed by atoms with van der Waals surface area (Å²) in [6, 6.07) is 14.8. The highest BCUT2D eigenvalue weighted by Gasteiger charge is 2.22. The van der Waals surface area contributed by atoms with Gasteiger partial charge in [0.2, 0.25) is 0 Å². The van der Waals surface area contributed by atoms with E-state index in [-0.39, 0.29) is 23.5 Å². The van der Waals surface area contributed by atoms with Crippen LogP contribution in [0.5, 0.6) is 5.75 Å². The molecule has 1 amide bonds. The molecular weight excluding hydrogens is 395 g/mol. The maximum atomic E-state index is 13.9. The molecule has 3 aromatic rings. The fraction of sp³-hybridized carbons (Fsp3) is 0.292. The van der Waals surface area contributed by atoms with Crippen molar-refractivity contribution in [3.8, 4) is 17.1 Å². The van der Waals surface area contributed by atoms with Crippen molar-refractivity contribution in [2.45, 2.75) is 25.4 Å². The monoisotopic (exact) mass is 420 g/mol. The molecule has 4 rings (SSSR count). The molecule has 1 fully saturated rings. The van der Waals surface area contributed by atoms with Crippen molar-refractivity contribution in [1.82, 2.24) is 20.2 Å². The maximum Gasteiger partial charge on any atom is 0.254 e. The zero-order valence-corrected chi connectivity index (χ0v) is 17.4. The number of likely N-dealkylation sites (tertiary alicyclic amines) is 1. The molecule has 160 valence electrons. The predicted molar refractivity (Wildman–Crippen MR) is 116 cm³/mol. The number of hydrogen-bond donors (Lipinski definition) is 1. The van der Waals surface area contributed by atoms with Crippen LogP contribution in [0.25, 0.3) is 11.4 Å². The van der Waals surface area contributed by atoms with Crippen molar-refractivity contribution in [2.24, 2.45) is 0 Å². The van der Waals surface area contributed by atoms with Crippen LogP contribution < -0.4 is 10.1 Å². The minimum absolute atomic E-state index is 0.102. The molecule has 2 aromatic carbocycles. The van der Waals surface area contributed by atoms with E-state index >= 15 is 0 Å². The van der Waals surface area contributed by atoms with Crippen molar-refractivity contribution in [3.05, 3.63) is 77.9 Å². The van der Waals surface area contributed by atoms with E-state index in [0.29, 0.717) is 17.9 Å². The standard InChI is InChI=1S/C24H25FN4O2/c1-31-22-8-7-17(13-21(22)25)16-29-11-9-20(10-12-29)28-24(30)19-14-26-23(27-15-19)18-5-3-2-4-6-18/h2-8,13-15,20H,9-12,16H2,1H3,(H,28,30). The van der Waals surface area contributed by atoms with E-state index in [0.717, 1.165) is 37.1 Å². The summed E-state index contributed by atoms with van der Waals surface area (Å²) in [5.74, 6) is 0.351. The van der Waals surface area contributed by atoms with Gasteiger partial charge in [-0.25, -0.2) is 14.4 Å². The Labute approximate surface area is 181 Å². The number of ether oxygens (including phenoxy) is 1. The minimum Gasteiger partial charge on any atom is -0.494 e. The zero-order chi connectivity index (χ0) is 21.6. The highest BCUT2D eigenvalue weighted by Crippen LogP contribution is 2.20. The number of piperidine rings is 1. The van der Waals surface area contributed by atoms with Gasteiger partial charge >= 0.3 is 0 Å². The van der Waals surface area contributed by atoms with Gasteiger partial charge in [-0.2, -0.15) is 0 Å². The molecule has 31 heavy (non-hydrogen) atoms. The second-order valence-corrected chi connectivity index (χ2v) is 7.65. The summed E-state index contributed by atoms with van der Waals surface area (Å²) in [5.41, 5.74) is 2.28. The summed E-state index contributed by atoms with van der Waals surface area (Å²) in [7, 11) is 1.46. The first-order chi connectivity index (χ1) is 15.1. The summed E-state index contributed by atoms with van der Waals surface area (Å²) < 4.78 is 18.9. The lowest BCUT2D eigenvalue weighted by molar-refractivity contribution is 0.0908. The number of nitrogens with zero attached hydrogens (tertiary/aromatic N) is 3. The second kappa shape index (κ2) is 9.66. The molecule has 0 radical (unpaired) electrons. The fourth-order valence-electron chi connectivity index (χ4n) is 3.75. The smallest absolute Gasteiger partial charge is 0.254 e. The molecule has 0 aliphatic carbocycles. The summed E-state index contributed by atoms with van der Waals surface area (Å²) in [5, 5.41) is 3.08. The first-order valence-electron chi connectivity index (χ1n) is 10.4. The SMILES string of the molecule is COc1ccc(CN2CCC(NC(=O)c3cnc(-c4ccccc4)nc3)CC2)cc1F. The van der Waals surface area contributed by atoms with E-state index < -0.39 is 0 Å². The van der Waals surface area contributed by atoms with Gasteiger partial charge in [0.25, 0.3) is 5.91 Å². The predicted octanol–water partition coefficient (Wildman–Crippen LogP) is 3.69. The molecule has 1 N–H and O–H groups in total. The number of amides is 1. The number of hydrogen-bond acceptors (Lipinski definition) is 5. The lowest BCUT2D eigenvalue weighted by atomic mass is 10.0. The zero-order valence-electron chi connectivity index (χ0n) is 17.4. The molecule has 6 nitrogen and oxygen atoms in total. The minimum atomic E-state index is -0.345. The molecule has 2 heterocycles. The van der Waals surface area contributed by atoms with E-state index in [1.54, 1.807) is 18.5 Å². The van der Waals surface area contributed by atoms with Gasteiger partial charge in [0.15, 0.2) is 17.4 Å². The van der Waals surface area contributed by atoms with Crippen LogP contribution in [0.2, 0.25) is 0 Å². The van der Waals surface area contributed by atoms with Crippen molar-refractivity contribution in [3.63, 3.8) is 0 Å². The number of carbonyl (C=O) groups excluding carboxylic acids is 1. The Hall–Kier alpha value is -3.32. The second-order valence-electron chi connectivity index (χ2n) is 7.65. The molecule has 7 heteroatoms. The Morgan fingerprint density at radius 3 is 2.48 bits per heavy atom. The maximum absolute atomic E-state index is 13.9. The first-order valence-corrected chi connectivity index (χ1v) is 10.4. The number of halogens is 1. The van der Waals surface area contributed by atoms with E-state index in [1.807, 2.05) is 36.4 Å². The van der Waals surface area contributed by atoms with Crippen molar-refractivity contribution >= 4 is 5.91 Å². The van der Waals surface area contributed by atoms with Crippen LogP contribution in [-0.4, -0.2) is 47.0 Å². The Bertz CT molecular complexity index is 1020. The number of benzene rings is 2. The van der Waals surface area contributed by atoms with Gasteiger partial charge in [0.1, 0.15) is 0 Å². The third kappa shape index (κ3) is 5.24. The first kappa shape index (κ1) is 20.9. The summed E-state index contributed by atoms with van der Waals surface area (Å²) >= 11 is 0. The van der Waals surface area contributed by atoms with E-state index in [9.17, 15) is 9.18 Å². The third-order valence-corrected chi connectivity index (χ3v) is 5.49. The average Bonchev–Trinajstić information content (AvgIpc) is 2.81. The summed E-state index contributed by atoms with van der Waals surface area (Å²) in [6.07, 6.45) is 4.82. The van der Waals surface area contributed by atoms with E-state index in [1.165, 1.54) is 13.2 Å². The van der Waals surface area contributed by atoms with Gasteiger partial charge in [0.05, 0.1) is 12.7 Å². The number of nitrogens with one attached hydrogen (secondary N) is 1. The van der Waals surface area contributed by atoms with Gasteiger partial charge in [-0.1, -0.05) is 36.4 Å². The topological polar surface area (TPSA) is 67.3 Å². The summed E-state index contributed by atoms with van der Waals surface area (Å²) in [4.78, 5) is 23.5. The van der Waals surface area contributed by atoms with Crippen molar-refractivity contribution in [2.75, 3.05) is 20.2 Å². The van der Waals surface area contributed by atoms with Gasteiger partial charge in [-0.15, -0.1) is 0 Å². The molecule has 1 aliphatic rings. The van der Waals surface area contributed by atoms with Crippen LogP contribution in [0.1, 0.15) is 28.8 Å². The number of aromatic nitrogens is 2. The van der Waals surface area contributed by atoms with Gasteiger partial charge in [-0.05, 0) is 30.5 Å². The van der Waals surface area contributed by atoms with Crippen LogP contribution in [0.3, 0.4) is 0 Å². The Balaban J connectivity index is 1.27. The van der Waals surface area contributed by atoms with Gasteiger partial charge in [0, 0.05) is 43.6 Å². The van der Waals surface area contributed by atoms with E-state index in [2.05, 4.69) is 20.2 Å². The summed E-state index contributed by atoms with van der Waals surface area (Å²) in [6.45, 7) is 2.35. The van der Waals surface area contributed by atoms with Crippen molar-refractivity contribution in [1.29, 1.82) is 0 Å². The molecule has 1 saturated heterocycles. The third-order valence-electron chi connectivity index (χ3n) is 5.49. The fourth-order valence-corrected chi connectivity index (χ4v) is 3.75. The Kier molecular flexibility index (Phi) is 6.52. The lowest BCUT2D eigenvalue weighted by Gasteiger charge is -2.32. The Morgan fingerprint density at radius 2 is 1.84 bits per heavy atom. The molecule has 0 bridgehead atoms. The van der Waals surface area contributed by atoms with Crippen LogP contribution in [0.15, 0.2) is 60.9 Å². The van der Waals surface area contributed by atoms with Gasteiger partial charge in [-0.3, -0.25) is 9.69 Å². The largest absolute Gasteiger partial charge is 0.494 e. The molecule has 0 atom stereocenters. The van der Waals surface area contributed by atoms with E-state index in [4.69, 9.17) is 4.74 Å². The lowest BCUT2D eigenvalue weighted by Crippen LogP contribution is -2.44. The van der Waals surface area contributed by atoms with Crippen LogP contribution >= 0.6 is 0 Å². The van der Waals surface area contributed by atoms with Crippen LogP contribution in [-0.2, 0) is 6.54 Å². The molecule has 0 spiro atoms. The molecule has 1 aliphatic heterocycles. The van der Waals surface area contributed by atoms with Crippen LogP contribution in [0.4, 0.5) is 4.39 Å². The molecule has 0 unspecified atom stereocenters. The molecule has 0 saturated carbocycles.